The Balaban J connectivity index is 2.00. The van der Waals surface area contributed by atoms with E-state index in [1.807, 2.05) is 11.7 Å². The maximum atomic E-state index is 4.70. The summed E-state index contributed by atoms with van der Waals surface area (Å²) in [5, 5.41) is 9.15. The van der Waals surface area contributed by atoms with Crippen LogP contribution in [0.2, 0.25) is 0 Å². The number of fused-ring (bicyclic) bond motifs is 4. The maximum Gasteiger partial charge on any atom is 0.121 e. The van der Waals surface area contributed by atoms with Crippen LogP contribution in [0.5, 0.6) is 0 Å². The maximum absolute atomic E-state index is 4.70. The highest BCUT2D eigenvalue weighted by Gasteiger charge is 2.42. The van der Waals surface area contributed by atoms with E-state index in [9.17, 15) is 0 Å². The smallest absolute Gasteiger partial charge is 0.121 e. The molecule has 1 heterocycles. The third kappa shape index (κ3) is 2.73. The summed E-state index contributed by atoms with van der Waals surface area (Å²) in [4.78, 5) is 0. The first-order valence-electron chi connectivity index (χ1n) is 12.8. The van der Waals surface area contributed by atoms with Crippen molar-refractivity contribution in [2.45, 2.75) is 88.5 Å². The lowest BCUT2D eigenvalue weighted by molar-refractivity contribution is 0.649. The molecule has 0 amide bonds. The fraction of sp³-hybridized carbons (Fsp3) is 0.438. The van der Waals surface area contributed by atoms with Crippen LogP contribution in [0, 0.1) is 69.2 Å². The third-order valence-corrected chi connectivity index (χ3v) is 9.67. The quantitative estimate of drug-likeness (QED) is 0.285. The Morgan fingerprint density at radius 3 is 1.51 bits per heavy atom. The van der Waals surface area contributed by atoms with E-state index >= 15 is 0 Å². The molecule has 0 atom stereocenters. The molecule has 5 rings (SSSR count). The van der Waals surface area contributed by atoms with Crippen LogP contribution in [0.1, 0.15) is 80.6 Å². The molecule has 0 unspecified atom stereocenters. The zero-order valence-electron chi connectivity index (χ0n) is 23.8. The van der Waals surface area contributed by atoms with E-state index in [1.54, 1.807) is 0 Å². The average molecular weight is 466 g/mol. The molecule has 3 heteroatoms. The minimum atomic E-state index is -0.0651. The Kier molecular flexibility index (Phi) is 4.95. The zero-order valence-corrected chi connectivity index (χ0v) is 23.8. The van der Waals surface area contributed by atoms with Crippen molar-refractivity contribution in [3.8, 4) is 22.3 Å². The minimum absolute atomic E-state index is 0.0651. The normalized spacial score (nSPS) is 14.1. The summed E-state index contributed by atoms with van der Waals surface area (Å²) < 4.78 is 1.93. The molecule has 0 bridgehead atoms. The van der Waals surface area contributed by atoms with Gasteiger partial charge in [-0.05, 0) is 153 Å². The van der Waals surface area contributed by atoms with Crippen molar-refractivity contribution in [1.29, 1.82) is 0 Å². The first-order chi connectivity index (χ1) is 16.2. The van der Waals surface area contributed by atoms with Gasteiger partial charge in [0.2, 0.25) is 0 Å². The monoisotopic (exact) mass is 465 g/mol. The molecule has 0 radical (unpaired) electrons. The predicted octanol–water partition coefficient (Wildman–Crippen LogP) is 8.03. The molecule has 1 aromatic heterocycles. The van der Waals surface area contributed by atoms with Gasteiger partial charge in [-0.2, -0.15) is 0 Å². The average Bonchev–Trinajstić information content (AvgIpc) is 3.30. The Morgan fingerprint density at radius 1 is 0.486 bits per heavy atom. The van der Waals surface area contributed by atoms with Crippen LogP contribution >= 0.6 is 0 Å². The van der Waals surface area contributed by atoms with Crippen molar-refractivity contribution in [2.24, 2.45) is 7.05 Å². The number of rotatable bonds is 1. The van der Waals surface area contributed by atoms with E-state index in [4.69, 9.17) is 5.10 Å². The lowest BCUT2D eigenvalue weighted by atomic mass is 9.74. The van der Waals surface area contributed by atoms with Crippen LogP contribution < -0.4 is 0 Å². The molecule has 4 aromatic rings. The van der Waals surface area contributed by atoms with E-state index in [0.717, 1.165) is 11.0 Å². The van der Waals surface area contributed by atoms with Gasteiger partial charge in [0.25, 0.3) is 0 Å². The molecule has 0 saturated heterocycles. The molecular formula is C32H39N3. The zero-order chi connectivity index (χ0) is 25.9. The highest BCUT2D eigenvalue weighted by Crippen LogP contribution is 2.57. The summed E-state index contributed by atoms with van der Waals surface area (Å²) >= 11 is 0. The molecule has 0 fully saturated rings. The van der Waals surface area contributed by atoms with E-state index < -0.39 is 0 Å². The van der Waals surface area contributed by atoms with E-state index in [1.165, 1.54) is 89.0 Å². The first-order valence-corrected chi connectivity index (χ1v) is 12.8. The highest BCUT2D eigenvalue weighted by molar-refractivity contribution is 6.01. The van der Waals surface area contributed by atoms with Gasteiger partial charge in [-0.3, -0.25) is 0 Å². The van der Waals surface area contributed by atoms with Crippen LogP contribution in [0.4, 0.5) is 0 Å². The summed E-state index contributed by atoms with van der Waals surface area (Å²) in [6.45, 7) is 27.7. The summed E-state index contributed by atoms with van der Waals surface area (Å²) in [6.07, 6.45) is 0. The molecule has 3 aromatic carbocycles. The number of nitrogens with zero attached hydrogens (tertiary/aromatic N) is 3. The largest absolute Gasteiger partial charge is 0.247 e. The van der Waals surface area contributed by atoms with Crippen LogP contribution in [0.25, 0.3) is 33.3 Å². The van der Waals surface area contributed by atoms with E-state index in [2.05, 4.69) is 88.3 Å². The number of aromatic nitrogens is 3. The molecule has 0 spiro atoms. The Bertz CT molecular complexity index is 1610. The fourth-order valence-corrected chi connectivity index (χ4v) is 7.23. The SMILES string of the molecule is Cc1c(C)c(C)c2c(c1C)-c1c(C)c(C)c(-c3c(C)c(C)c(C)c4c3nnn4C)c(C)c1C2(C)C. The molecular weight excluding hydrogens is 426 g/mol. The topological polar surface area (TPSA) is 30.7 Å². The van der Waals surface area contributed by atoms with E-state index in [0.29, 0.717) is 0 Å². The number of hydrogen-bond acceptors (Lipinski definition) is 2. The Hall–Kier alpha value is -2.94. The standard InChI is InChI=1S/C32H39N3/c1-14-15(2)21(8)28-25(17(14)4)26-20(7)19(6)24(23(10)29(26)32(28,11)12)27-18(5)16(3)22(9)31-30(27)33-34-35(31)13/h1-13H3. The van der Waals surface area contributed by atoms with Crippen LogP contribution in [-0.2, 0) is 12.5 Å². The predicted molar refractivity (Wildman–Crippen MR) is 149 cm³/mol. The van der Waals surface area contributed by atoms with Gasteiger partial charge in [0.15, 0.2) is 0 Å². The molecule has 0 saturated carbocycles. The minimum Gasteiger partial charge on any atom is -0.247 e. The second kappa shape index (κ2) is 7.29. The Labute approximate surface area is 210 Å². The second-order valence-corrected chi connectivity index (χ2v) is 11.5. The summed E-state index contributed by atoms with van der Waals surface area (Å²) in [5.41, 5.74) is 24.4. The van der Waals surface area contributed by atoms with Crippen LogP contribution in [0.15, 0.2) is 0 Å². The first kappa shape index (κ1) is 23.8. The van der Waals surface area contributed by atoms with Crippen molar-refractivity contribution in [2.75, 3.05) is 0 Å². The Morgan fingerprint density at radius 2 is 0.914 bits per heavy atom. The van der Waals surface area contributed by atoms with Gasteiger partial charge < -0.3 is 0 Å². The van der Waals surface area contributed by atoms with Crippen LogP contribution in [0.3, 0.4) is 0 Å². The molecule has 1 aliphatic carbocycles. The lowest BCUT2D eigenvalue weighted by Gasteiger charge is -2.29. The number of hydrogen-bond donors (Lipinski definition) is 0. The van der Waals surface area contributed by atoms with Crippen molar-refractivity contribution in [3.05, 3.63) is 66.8 Å². The molecule has 182 valence electrons. The van der Waals surface area contributed by atoms with Gasteiger partial charge >= 0.3 is 0 Å². The van der Waals surface area contributed by atoms with Gasteiger partial charge in [-0.15, -0.1) is 5.10 Å². The van der Waals surface area contributed by atoms with Crippen molar-refractivity contribution in [3.63, 3.8) is 0 Å². The highest BCUT2D eigenvalue weighted by atomic mass is 15.4. The van der Waals surface area contributed by atoms with Crippen LogP contribution in [-0.4, -0.2) is 15.0 Å². The van der Waals surface area contributed by atoms with Gasteiger partial charge in [-0.1, -0.05) is 19.1 Å². The number of aryl methyl sites for hydroxylation is 2. The summed E-state index contributed by atoms with van der Waals surface area (Å²) in [7, 11) is 2.00. The molecule has 35 heavy (non-hydrogen) atoms. The van der Waals surface area contributed by atoms with Gasteiger partial charge in [0.05, 0.1) is 5.52 Å². The molecule has 1 aliphatic rings. The number of benzene rings is 3. The van der Waals surface area contributed by atoms with Gasteiger partial charge in [-0.25, -0.2) is 4.68 Å². The third-order valence-electron chi connectivity index (χ3n) is 9.67. The van der Waals surface area contributed by atoms with Crippen molar-refractivity contribution < 1.29 is 0 Å². The fourth-order valence-electron chi connectivity index (χ4n) is 7.23. The molecule has 0 N–H and O–H groups in total. The molecule has 0 aliphatic heterocycles. The summed E-state index contributed by atoms with van der Waals surface area (Å²) in [6, 6.07) is 0. The molecule has 3 nitrogen and oxygen atoms in total. The second-order valence-electron chi connectivity index (χ2n) is 11.5. The summed E-state index contributed by atoms with van der Waals surface area (Å²) in [5.74, 6) is 0. The van der Waals surface area contributed by atoms with Gasteiger partial charge in [0.1, 0.15) is 5.52 Å². The lowest BCUT2D eigenvalue weighted by Crippen LogP contribution is -2.19. The van der Waals surface area contributed by atoms with Gasteiger partial charge in [0, 0.05) is 18.0 Å². The van der Waals surface area contributed by atoms with E-state index in [-0.39, 0.29) is 5.41 Å². The van der Waals surface area contributed by atoms with Crippen molar-refractivity contribution in [1.82, 2.24) is 15.0 Å². The van der Waals surface area contributed by atoms with Crippen molar-refractivity contribution >= 4 is 11.0 Å².